The topological polar surface area (TPSA) is 107 Å². The third-order valence-corrected chi connectivity index (χ3v) is 2.42. The fraction of sp³-hybridized carbons (Fsp3) is 0.333. The maximum Gasteiger partial charge on any atom is 0.176 e. The molecule has 0 fully saturated rings. The molecule has 0 spiro atoms. The molecular weight excluding hydrogens is 220 g/mol. The highest BCUT2D eigenvalue weighted by Crippen LogP contribution is 2.19. The van der Waals surface area contributed by atoms with Gasteiger partial charge in [0, 0.05) is 5.56 Å². The third-order valence-electron chi connectivity index (χ3n) is 2.42. The third kappa shape index (κ3) is 3.36. The molecule has 1 aromatic rings. The molecule has 2 atom stereocenters. The number of nitrogens with two attached hydrogens (primary N) is 1. The molecule has 0 saturated carbocycles. The van der Waals surface area contributed by atoms with Crippen LogP contribution in [-0.2, 0) is 0 Å². The Balaban J connectivity index is 2.81. The minimum atomic E-state index is -1.13. The van der Waals surface area contributed by atoms with Crippen LogP contribution in [0.4, 0.5) is 0 Å². The van der Waals surface area contributed by atoms with Gasteiger partial charge in [0.2, 0.25) is 0 Å². The number of nitriles is 1. The molecule has 5 nitrogen and oxygen atoms in total. The Kier molecular flexibility index (Phi) is 4.79. The molecule has 0 aliphatic heterocycles. The van der Waals surface area contributed by atoms with Gasteiger partial charge in [-0.2, -0.15) is 5.26 Å². The van der Waals surface area contributed by atoms with Crippen molar-refractivity contribution in [3.05, 3.63) is 35.4 Å². The molecule has 17 heavy (non-hydrogen) atoms. The smallest absolute Gasteiger partial charge is 0.176 e. The second-order valence-electron chi connectivity index (χ2n) is 3.62. The molecule has 0 saturated heterocycles. The van der Waals surface area contributed by atoms with Crippen LogP contribution in [0.1, 0.15) is 28.4 Å². The molecule has 0 radical (unpaired) electrons. The lowest BCUT2D eigenvalue weighted by Gasteiger charge is -2.15. The van der Waals surface area contributed by atoms with Crippen molar-refractivity contribution in [3.8, 4) is 6.07 Å². The predicted octanol–water partition coefficient (Wildman–Crippen LogP) is 0.136. The van der Waals surface area contributed by atoms with Gasteiger partial charge in [0.1, 0.15) is 6.10 Å². The summed E-state index contributed by atoms with van der Waals surface area (Å²) in [4.78, 5) is 11.3. The van der Waals surface area contributed by atoms with Gasteiger partial charge in [0.15, 0.2) is 5.78 Å². The van der Waals surface area contributed by atoms with Gasteiger partial charge in [-0.3, -0.25) is 4.79 Å². The van der Waals surface area contributed by atoms with Gasteiger partial charge >= 0.3 is 0 Å². The van der Waals surface area contributed by atoms with Crippen LogP contribution in [0.3, 0.4) is 0 Å². The molecule has 90 valence electrons. The van der Waals surface area contributed by atoms with E-state index in [2.05, 4.69) is 0 Å². The summed E-state index contributed by atoms with van der Waals surface area (Å²) in [5, 5.41) is 27.5. The first kappa shape index (κ1) is 13.3. The number of aliphatic hydroxyl groups is 2. The molecule has 0 aliphatic carbocycles. The highest BCUT2D eigenvalue weighted by Gasteiger charge is 2.18. The Bertz CT molecular complexity index is 422. The van der Waals surface area contributed by atoms with E-state index in [0.717, 1.165) is 0 Å². The van der Waals surface area contributed by atoms with E-state index >= 15 is 0 Å². The van der Waals surface area contributed by atoms with Crippen molar-refractivity contribution >= 4 is 5.78 Å². The average Bonchev–Trinajstić information content (AvgIpc) is 2.37. The molecule has 1 aromatic carbocycles. The first-order valence-electron chi connectivity index (χ1n) is 5.16. The van der Waals surface area contributed by atoms with Gasteiger partial charge in [0.25, 0.3) is 0 Å². The number of hydrogen-bond donors (Lipinski definition) is 3. The predicted molar refractivity (Wildman–Crippen MR) is 61.0 cm³/mol. The Hall–Kier alpha value is -1.74. The summed E-state index contributed by atoms with van der Waals surface area (Å²) in [5.41, 5.74) is 6.13. The summed E-state index contributed by atoms with van der Waals surface area (Å²) in [7, 11) is 0. The van der Waals surface area contributed by atoms with Crippen molar-refractivity contribution < 1.29 is 15.0 Å². The van der Waals surface area contributed by atoms with Crippen LogP contribution in [0, 0.1) is 11.3 Å². The number of Topliss-reactive ketones (excluding diaryl/α,β-unsaturated/α-hetero) is 1. The van der Waals surface area contributed by atoms with Crippen LogP contribution >= 0.6 is 0 Å². The highest BCUT2D eigenvalue weighted by atomic mass is 16.3. The van der Waals surface area contributed by atoms with Crippen molar-refractivity contribution in [2.45, 2.75) is 18.6 Å². The quantitative estimate of drug-likeness (QED) is 0.628. The first-order chi connectivity index (χ1) is 8.10. The lowest BCUT2D eigenvalue weighted by molar-refractivity contribution is 0.0216. The molecule has 4 N–H and O–H groups in total. The van der Waals surface area contributed by atoms with E-state index in [1.807, 2.05) is 0 Å². The maximum atomic E-state index is 11.3. The summed E-state index contributed by atoms with van der Waals surface area (Å²) in [6.07, 6.45) is -2.40. The monoisotopic (exact) mass is 234 g/mol. The van der Waals surface area contributed by atoms with Crippen molar-refractivity contribution in [1.82, 2.24) is 0 Å². The zero-order valence-corrected chi connectivity index (χ0v) is 9.21. The van der Waals surface area contributed by atoms with Crippen LogP contribution in [0.15, 0.2) is 24.3 Å². The Labute approximate surface area is 99.1 Å². The van der Waals surface area contributed by atoms with Crippen LogP contribution in [0.5, 0.6) is 0 Å². The summed E-state index contributed by atoms with van der Waals surface area (Å²) >= 11 is 0. The van der Waals surface area contributed by atoms with Gasteiger partial charge in [-0.05, 0) is 5.56 Å². The van der Waals surface area contributed by atoms with E-state index in [9.17, 15) is 15.0 Å². The van der Waals surface area contributed by atoms with Gasteiger partial charge in [-0.25, -0.2) is 0 Å². The van der Waals surface area contributed by atoms with Crippen molar-refractivity contribution in [2.75, 3.05) is 6.54 Å². The normalized spacial score (nSPS) is 13.8. The number of nitrogens with zero attached hydrogens (tertiary/aromatic N) is 1. The molecule has 0 heterocycles. The SMILES string of the molecule is N#CCC(O)C(O)c1ccc(C(=O)CN)cc1. The lowest BCUT2D eigenvalue weighted by Crippen LogP contribution is -2.18. The van der Waals surface area contributed by atoms with E-state index in [1.54, 1.807) is 6.07 Å². The molecule has 0 aromatic heterocycles. The van der Waals surface area contributed by atoms with E-state index in [0.29, 0.717) is 11.1 Å². The number of rotatable bonds is 5. The molecule has 0 bridgehead atoms. The Morgan fingerprint density at radius 3 is 2.41 bits per heavy atom. The van der Waals surface area contributed by atoms with Crippen molar-refractivity contribution in [1.29, 1.82) is 5.26 Å². The fourth-order valence-corrected chi connectivity index (χ4v) is 1.41. The van der Waals surface area contributed by atoms with Crippen LogP contribution in [0.25, 0.3) is 0 Å². The zero-order chi connectivity index (χ0) is 12.8. The molecule has 0 aliphatic rings. The first-order valence-corrected chi connectivity index (χ1v) is 5.16. The maximum absolute atomic E-state index is 11.3. The van der Waals surface area contributed by atoms with E-state index in [1.165, 1.54) is 24.3 Å². The standard InChI is InChI=1S/C12H14N2O3/c13-6-5-10(15)12(17)9-3-1-8(2-4-9)11(16)7-14/h1-4,10,12,15,17H,5,7,14H2. The van der Waals surface area contributed by atoms with Crippen molar-refractivity contribution in [3.63, 3.8) is 0 Å². The highest BCUT2D eigenvalue weighted by molar-refractivity contribution is 5.97. The molecular formula is C12H14N2O3. The number of carbonyl (C=O) groups excluding carboxylic acids is 1. The molecule has 0 amide bonds. The summed E-state index contributed by atoms with van der Waals surface area (Å²) in [6.45, 7) is -0.0705. The van der Waals surface area contributed by atoms with E-state index in [4.69, 9.17) is 11.0 Å². The van der Waals surface area contributed by atoms with Crippen molar-refractivity contribution in [2.24, 2.45) is 5.73 Å². The molecule has 1 rings (SSSR count). The van der Waals surface area contributed by atoms with Crippen LogP contribution in [0.2, 0.25) is 0 Å². The zero-order valence-electron chi connectivity index (χ0n) is 9.21. The van der Waals surface area contributed by atoms with Crippen LogP contribution in [-0.4, -0.2) is 28.6 Å². The molecule has 5 heteroatoms. The number of aliphatic hydroxyl groups excluding tert-OH is 2. The fourth-order valence-electron chi connectivity index (χ4n) is 1.41. The second kappa shape index (κ2) is 6.11. The van der Waals surface area contributed by atoms with Gasteiger partial charge in [-0.15, -0.1) is 0 Å². The second-order valence-corrected chi connectivity index (χ2v) is 3.62. The lowest BCUT2D eigenvalue weighted by atomic mass is 10.0. The molecule has 2 unspecified atom stereocenters. The number of carbonyl (C=O) groups is 1. The minimum Gasteiger partial charge on any atom is -0.389 e. The van der Waals surface area contributed by atoms with Gasteiger partial charge in [-0.1, -0.05) is 24.3 Å². The summed E-state index contributed by atoms with van der Waals surface area (Å²) in [6, 6.07) is 7.92. The van der Waals surface area contributed by atoms with Gasteiger partial charge < -0.3 is 15.9 Å². The largest absolute Gasteiger partial charge is 0.389 e. The summed E-state index contributed by atoms with van der Waals surface area (Å²) < 4.78 is 0. The Morgan fingerprint density at radius 1 is 1.35 bits per heavy atom. The van der Waals surface area contributed by atoms with E-state index in [-0.39, 0.29) is 18.7 Å². The van der Waals surface area contributed by atoms with Crippen LogP contribution < -0.4 is 5.73 Å². The minimum absolute atomic E-state index is 0.0705. The Morgan fingerprint density at radius 2 is 1.94 bits per heavy atom. The van der Waals surface area contributed by atoms with E-state index < -0.39 is 12.2 Å². The average molecular weight is 234 g/mol. The number of hydrogen-bond acceptors (Lipinski definition) is 5. The van der Waals surface area contributed by atoms with Gasteiger partial charge in [0.05, 0.1) is 25.1 Å². The summed E-state index contributed by atoms with van der Waals surface area (Å²) in [5.74, 6) is -0.191. The number of ketones is 1. The number of benzene rings is 1.